The Morgan fingerprint density at radius 3 is 2.74 bits per heavy atom. The number of aliphatic hydroxyl groups is 1. The van der Waals surface area contributed by atoms with Crippen LogP contribution in [-0.2, 0) is 23.9 Å². The Bertz CT molecular complexity index is 953. The number of carbonyl (C=O) groups is 3. The Hall–Kier alpha value is -2.42. The Morgan fingerprint density at radius 1 is 1.35 bits per heavy atom. The van der Waals surface area contributed by atoms with Gasteiger partial charge in [0.2, 0.25) is 5.91 Å². The normalized spacial score (nSPS) is 29.3. The van der Waals surface area contributed by atoms with Crippen molar-refractivity contribution in [3.63, 3.8) is 0 Å². The zero-order chi connectivity index (χ0) is 24.5. The molecule has 3 aliphatic rings. The molecule has 0 aliphatic carbocycles. The summed E-state index contributed by atoms with van der Waals surface area (Å²) in [7, 11) is 0. The van der Waals surface area contributed by atoms with Crippen LogP contribution in [0.15, 0.2) is 36.9 Å². The van der Waals surface area contributed by atoms with Crippen LogP contribution in [0.5, 0.6) is 0 Å². The van der Waals surface area contributed by atoms with Crippen molar-refractivity contribution in [2.45, 2.75) is 50.4 Å². The number of aliphatic hydroxyl groups excluding tert-OH is 1. The Morgan fingerprint density at radius 2 is 2.09 bits per heavy atom. The maximum absolute atomic E-state index is 14.1. The van der Waals surface area contributed by atoms with E-state index in [9.17, 15) is 19.5 Å². The molecule has 2 amide bonds. The molecule has 1 aromatic rings. The van der Waals surface area contributed by atoms with Crippen molar-refractivity contribution >= 4 is 35.1 Å². The monoisotopic (exact) mass is 490 g/mol. The van der Waals surface area contributed by atoms with Crippen molar-refractivity contribution in [1.29, 1.82) is 0 Å². The molecule has 1 spiro atoms. The van der Waals surface area contributed by atoms with Crippen LogP contribution in [0.1, 0.15) is 32.6 Å². The second-order valence-corrected chi connectivity index (χ2v) is 9.42. The first-order chi connectivity index (χ1) is 16.4. The molecule has 3 fully saturated rings. The molecule has 3 saturated heterocycles. The first-order valence-corrected chi connectivity index (χ1v) is 12.2. The second kappa shape index (κ2) is 10.1. The molecule has 184 valence electrons. The van der Waals surface area contributed by atoms with Crippen molar-refractivity contribution in [2.24, 2.45) is 11.8 Å². The predicted octanol–water partition coefficient (Wildman–Crippen LogP) is 2.57. The minimum atomic E-state index is -1.08. The van der Waals surface area contributed by atoms with E-state index in [4.69, 9.17) is 21.1 Å². The summed E-state index contributed by atoms with van der Waals surface area (Å²) < 4.78 is 11.7. The highest BCUT2D eigenvalue weighted by Gasteiger charge is 2.75. The number of esters is 1. The molecule has 2 bridgehead atoms. The summed E-state index contributed by atoms with van der Waals surface area (Å²) in [5, 5.41) is 9.81. The number of carbonyl (C=O) groups excluding carboxylic acids is 3. The highest BCUT2D eigenvalue weighted by Crippen LogP contribution is 2.58. The van der Waals surface area contributed by atoms with Crippen LogP contribution in [0.2, 0.25) is 5.02 Å². The Kier molecular flexibility index (Phi) is 7.31. The predicted molar refractivity (Wildman–Crippen MR) is 126 cm³/mol. The third-order valence-electron chi connectivity index (χ3n) is 7.12. The van der Waals surface area contributed by atoms with E-state index in [-0.39, 0.29) is 31.6 Å². The van der Waals surface area contributed by atoms with Crippen LogP contribution in [0.25, 0.3) is 0 Å². The number of likely N-dealkylation sites (tertiary alicyclic amines) is 1. The van der Waals surface area contributed by atoms with Crippen molar-refractivity contribution in [3.8, 4) is 0 Å². The van der Waals surface area contributed by atoms with Gasteiger partial charge in [-0.15, -0.1) is 6.58 Å². The lowest BCUT2D eigenvalue weighted by Crippen LogP contribution is -2.56. The maximum atomic E-state index is 14.1. The lowest BCUT2D eigenvalue weighted by Gasteiger charge is -2.36. The zero-order valence-corrected chi connectivity index (χ0v) is 20.1. The molecular formula is C25H31ClN2O6. The average Bonchev–Trinajstić information content (AvgIpc) is 3.46. The lowest BCUT2D eigenvalue weighted by molar-refractivity contribution is -0.154. The van der Waals surface area contributed by atoms with Gasteiger partial charge >= 0.3 is 5.97 Å². The van der Waals surface area contributed by atoms with Gasteiger partial charge in [0, 0.05) is 30.4 Å². The Labute approximate surface area is 204 Å². The van der Waals surface area contributed by atoms with Gasteiger partial charge in [-0.25, -0.2) is 0 Å². The summed E-state index contributed by atoms with van der Waals surface area (Å²) in [5.74, 6) is -2.47. The summed E-state index contributed by atoms with van der Waals surface area (Å²) >= 11 is 6.05. The fraction of sp³-hybridized carbons (Fsp3) is 0.560. The number of fused-ring (bicyclic) bond motifs is 1. The number of unbranched alkanes of at least 4 members (excludes halogenated alkanes) is 1. The van der Waals surface area contributed by atoms with Crippen LogP contribution in [0.3, 0.4) is 0 Å². The first-order valence-electron chi connectivity index (χ1n) is 11.8. The molecule has 5 atom stereocenters. The molecular weight excluding hydrogens is 460 g/mol. The van der Waals surface area contributed by atoms with Gasteiger partial charge in [0.15, 0.2) is 0 Å². The summed E-state index contributed by atoms with van der Waals surface area (Å²) in [5.41, 5.74) is -0.451. The average molecular weight is 491 g/mol. The molecule has 1 aromatic carbocycles. The summed E-state index contributed by atoms with van der Waals surface area (Å²) in [6, 6.07) is 6.02. The van der Waals surface area contributed by atoms with Gasteiger partial charge in [-0.1, -0.05) is 17.7 Å². The van der Waals surface area contributed by atoms with Gasteiger partial charge < -0.3 is 24.4 Å². The molecule has 3 aliphatic heterocycles. The zero-order valence-electron chi connectivity index (χ0n) is 19.3. The number of hydrogen-bond donors (Lipinski definition) is 1. The highest BCUT2D eigenvalue weighted by atomic mass is 35.5. The van der Waals surface area contributed by atoms with Crippen LogP contribution in [-0.4, -0.2) is 71.8 Å². The molecule has 9 heteroatoms. The van der Waals surface area contributed by atoms with E-state index in [1.807, 2.05) is 0 Å². The van der Waals surface area contributed by atoms with E-state index in [2.05, 4.69) is 6.58 Å². The quantitative estimate of drug-likeness (QED) is 0.307. The van der Waals surface area contributed by atoms with E-state index in [1.165, 1.54) is 0 Å². The molecule has 4 rings (SSSR count). The fourth-order valence-corrected chi connectivity index (χ4v) is 5.92. The van der Waals surface area contributed by atoms with Crippen LogP contribution >= 0.6 is 11.6 Å². The number of nitrogens with zero attached hydrogens (tertiary/aromatic N) is 2. The number of anilines is 1. The minimum Gasteiger partial charge on any atom is -0.466 e. The molecule has 34 heavy (non-hydrogen) atoms. The smallest absolute Gasteiger partial charge is 0.312 e. The maximum Gasteiger partial charge on any atom is 0.312 e. The van der Waals surface area contributed by atoms with Crippen LogP contribution in [0.4, 0.5) is 5.69 Å². The molecule has 8 nitrogen and oxygen atoms in total. The molecule has 0 aromatic heterocycles. The number of halogens is 1. The van der Waals surface area contributed by atoms with Gasteiger partial charge in [0.05, 0.1) is 24.5 Å². The van der Waals surface area contributed by atoms with Gasteiger partial charge in [0.25, 0.3) is 5.91 Å². The third-order valence-corrected chi connectivity index (χ3v) is 7.37. The molecule has 0 saturated carbocycles. The van der Waals surface area contributed by atoms with Crippen LogP contribution in [0, 0.1) is 11.8 Å². The number of amides is 2. The Balaban J connectivity index is 1.74. The van der Waals surface area contributed by atoms with Gasteiger partial charge in [0.1, 0.15) is 11.6 Å². The van der Waals surface area contributed by atoms with E-state index in [1.54, 1.807) is 47.1 Å². The number of ether oxygens (including phenoxy) is 2. The van der Waals surface area contributed by atoms with E-state index >= 15 is 0 Å². The number of rotatable bonds is 10. The second-order valence-electron chi connectivity index (χ2n) is 8.98. The molecule has 3 heterocycles. The molecule has 2 unspecified atom stereocenters. The summed E-state index contributed by atoms with van der Waals surface area (Å²) in [6.07, 6.45) is 3.32. The summed E-state index contributed by atoms with van der Waals surface area (Å²) in [6.45, 7) is 6.25. The number of benzene rings is 1. The fourth-order valence-electron chi connectivity index (χ4n) is 5.79. The van der Waals surface area contributed by atoms with Crippen molar-refractivity contribution in [1.82, 2.24) is 4.90 Å². The van der Waals surface area contributed by atoms with Crippen molar-refractivity contribution in [2.75, 3.05) is 31.2 Å². The SMILES string of the molecule is C=CCN(C(=O)C1N(CCCCO)C(=O)[C@@H]2[C@@H](C(=O)OCC)[C@H]3CCC12O3)c1ccc(Cl)cc1. The van der Waals surface area contributed by atoms with Gasteiger partial charge in [-0.3, -0.25) is 14.4 Å². The largest absolute Gasteiger partial charge is 0.466 e. The van der Waals surface area contributed by atoms with Crippen molar-refractivity contribution < 1.29 is 29.0 Å². The topological polar surface area (TPSA) is 96.4 Å². The van der Waals surface area contributed by atoms with Crippen molar-refractivity contribution in [3.05, 3.63) is 41.9 Å². The molecule has 1 N–H and O–H groups in total. The third kappa shape index (κ3) is 4.01. The van der Waals surface area contributed by atoms with E-state index in [0.29, 0.717) is 42.9 Å². The van der Waals surface area contributed by atoms with Gasteiger partial charge in [-0.05, 0) is 56.9 Å². The standard InChI is InChI=1S/C25H31ClN2O6/c1-3-13-27(17-9-7-16(26)8-10-17)23(31)21-25-12-11-18(34-25)19(24(32)33-4-2)20(25)22(30)28(21)14-5-6-15-29/h3,7-10,18-21,29H,1,4-6,11-15H2,2H3/t18-,19+,20+,21?,25?/m1/s1. The summed E-state index contributed by atoms with van der Waals surface area (Å²) in [4.78, 5) is 43.8. The van der Waals surface area contributed by atoms with E-state index < -0.39 is 35.6 Å². The minimum absolute atomic E-state index is 0.00734. The highest BCUT2D eigenvalue weighted by molar-refractivity contribution is 6.30. The lowest BCUT2D eigenvalue weighted by atomic mass is 9.70. The molecule has 0 radical (unpaired) electrons. The number of hydrogen-bond acceptors (Lipinski definition) is 6. The van der Waals surface area contributed by atoms with Crippen LogP contribution < -0.4 is 4.90 Å². The first kappa shape index (κ1) is 24.7. The van der Waals surface area contributed by atoms with Gasteiger partial charge in [-0.2, -0.15) is 0 Å². The van der Waals surface area contributed by atoms with E-state index in [0.717, 1.165) is 0 Å².